The summed E-state index contributed by atoms with van der Waals surface area (Å²) in [4.78, 5) is 24.4. The zero-order valence-corrected chi connectivity index (χ0v) is 16.7. The summed E-state index contributed by atoms with van der Waals surface area (Å²) in [6, 6.07) is 11.6. The molecule has 0 atom stereocenters. The minimum Gasteiger partial charge on any atom is -0.493 e. The Labute approximate surface area is 169 Å². The second kappa shape index (κ2) is 10.5. The predicted molar refractivity (Wildman–Crippen MR) is 107 cm³/mol. The fraction of sp³-hybridized carbons (Fsp3) is 0.364. The van der Waals surface area contributed by atoms with Gasteiger partial charge in [0, 0.05) is 30.2 Å². The largest absolute Gasteiger partial charge is 0.493 e. The highest BCUT2D eigenvalue weighted by Gasteiger charge is 2.14. The molecular weight excluding hydrogens is 380 g/mol. The number of Topliss-reactive ketones (excluding diaryl/α,β-unsaturated/α-hetero) is 1. The van der Waals surface area contributed by atoms with Gasteiger partial charge in [0.25, 0.3) is 0 Å². The summed E-state index contributed by atoms with van der Waals surface area (Å²) >= 11 is 0. The van der Waals surface area contributed by atoms with Gasteiger partial charge in [-0.15, -0.1) is 0 Å². The number of ketones is 1. The van der Waals surface area contributed by atoms with Gasteiger partial charge in [-0.25, -0.2) is 0 Å². The van der Waals surface area contributed by atoms with Crippen LogP contribution in [0.25, 0.3) is 0 Å². The van der Waals surface area contributed by atoms with Gasteiger partial charge in [0.15, 0.2) is 17.3 Å². The third kappa shape index (κ3) is 7.18. The minimum atomic E-state index is -3.01. The first kappa shape index (κ1) is 22.3. The second-order valence-corrected chi connectivity index (χ2v) is 7.01. The van der Waals surface area contributed by atoms with E-state index in [4.69, 9.17) is 4.74 Å². The van der Waals surface area contributed by atoms with Crippen molar-refractivity contribution in [2.45, 2.75) is 39.7 Å². The number of amides is 1. The molecule has 0 bridgehead atoms. The Hall–Kier alpha value is -2.96. The molecule has 0 aliphatic carbocycles. The van der Waals surface area contributed by atoms with Gasteiger partial charge in [-0.2, -0.15) is 8.78 Å². The van der Waals surface area contributed by atoms with Crippen LogP contribution in [-0.4, -0.2) is 25.4 Å². The molecule has 0 saturated heterocycles. The predicted octanol–water partition coefficient (Wildman–Crippen LogP) is 5.10. The van der Waals surface area contributed by atoms with E-state index in [-0.39, 0.29) is 35.8 Å². The van der Waals surface area contributed by atoms with Crippen LogP contribution in [-0.2, 0) is 11.2 Å². The van der Waals surface area contributed by atoms with Crippen molar-refractivity contribution in [3.63, 3.8) is 0 Å². The van der Waals surface area contributed by atoms with Crippen LogP contribution < -0.4 is 14.8 Å². The Bertz CT molecular complexity index is 835. The Morgan fingerprint density at radius 2 is 1.69 bits per heavy atom. The molecule has 0 aliphatic heterocycles. The summed E-state index contributed by atoms with van der Waals surface area (Å²) in [6.07, 6.45) is 0.964. The maximum Gasteiger partial charge on any atom is 0.387 e. The summed E-state index contributed by atoms with van der Waals surface area (Å²) in [7, 11) is 1.33. The molecule has 29 heavy (non-hydrogen) atoms. The van der Waals surface area contributed by atoms with E-state index >= 15 is 0 Å². The molecular formula is C22H25F2NO4. The lowest BCUT2D eigenvalue weighted by Crippen LogP contribution is -2.14. The molecule has 1 amide bonds. The third-order valence-corrected chi connectivity index (χ3v) is 4.16. The summed E-state index contributed by atoms with van der Waals surface area (Å²) in [5.74, 6) is -0.0577. The Kier molecular flexibility index (Phi) is 8.12. The van der Waals surface area contributed by atoms with E-state index in [0.717, 1.165) is 12.0 Å². The molecule has 0 aromatic heterocycles. The van der Waals surface area contributed by atoms with Crippen molar-refractivity contribution >= 4 is 17.4 Å². The van der Waals surface area contributed by atoms with Gasteiger partial charge in [0.05, 0.1) is 7.11 Å². The van der Waals surface area contributed by atoms with Gasteiger partial charge >= 0.3 is 6.61 Å². The molecule has 2 rings (SSSR count). The van der Waals surface area contributed by atoms with Crippen LogP contribution in [0.3, 0.4) is 0 Å². The van der Waals surface area contributed by atoms with Gasteiger partial charge < -0.3 is 14.8 Å². The molecule has 7 heteroatoms. The van der Waals surface area contributed by atoms with E-state index in [1.165, 1.54) is 25.3 Å². The molecule has 0 fully saturated rings. The number of hydrogen-bond acceptors (Lipinski definition) is 4. The van der Waals surface area contributed by atoms with Gasteiger partial charge in [0.1, 0.15) is 0 Å². The van der Waals surface area contributed by atoms with Crippen LogP contribution in [0.1, 0.15) is 42.6 Å². The standard InChI is InChI=1S/C22H25F2NO4/c1-14(2)12-15-4-6-16(7-5-15)18(26)9-11-21(27)25-17-8-10-19(28-3)20(13-17)29-22(23)24/h4-8,10,13-14,22H,9,11-12H2,1-3H3,(H,25,27). The van der Waals surface area contributed by atoms with Gasteiger partial charge in [0.2, 0.25) is 5.91 Å². The number of benzene rings is 2. The minimum absolute atomic E-state index is 0.0242. The lowest BCUT2D eigenvalue weighted by molar-refractivity contribution is -0.116. The van der Waals surface area contributed by atoms with Crippen molar-refractivity contribution in [3.05, 3.63) is 53.6 Å². The molecule has 2 aromatic rings. The van der Waals surface area contributed by atoms with Crippen LogP contribution in [0.2, 0.25) is 0 Å². The lowest BCUT2D eigenvalue weighted by atomic mass is 9.99. The highest BCUT2D eigenvalue weighted by Crippen LogP contribution is 2.31. The smallest absolute Gasteiger partial charge is 0.387 e. The fourth-order valence-electron chi connectivity index (χ4n) is 2.84. The third-order valence-electron chi connectivity index (χ3n) is 4.16. The number of hydrogen-bond donors (Lipinski definition) is 1. The first-order chi connectivity index (χ1) is 13.8. The number of ether oxygens (including phenoxy) is 2. The summed E-state index contributed by atoms with van der Waals surface area (Å²) < 4.78 is 34.3. The molecule has 0 spiro atoms. The fourth-order valence-corrected chi connectivity index (χ4v) is 2.84. The van der Waals surface area contributed by atoms with Crippen LogP contribution in [0, 0.1) is 5.92 Å². The SMILES string of the molecule is COc1ccc(NC(=O)CCC(=O)c2ccc(CC(C)C)cc2)cc1OC(F)F. The highest BCUT2D eigenvalue weighted by molar-refractivity contribution is 6.00. The molecule has 0 aliphatic rings. The molecule has 156 valence electrons. The second-order valence-electron chi connectivity index (χ2n) is 7.01. The number of anilines is 1. The van der Waals surface area contributed by atoms with E-state index < -0.39 is 12.5 Å². The average Bonchev–Trinajstić information content (AvgIpc) is 2.66. The normalized spacial score (nSPS) is 10.9. The van der Waals surface area contributed by atoms with Gasteiger partial charge in [-0.3, -0.25) is 9.59 Å². The molecule has 2 aromatic carbocycles. The Morgan fingerprint density at radius 1 is 1.00 bits per heavy atom. The number of alkyl halides is 2. The first-order valence-electron chi connectivity index (χ1n) is 9.33. The summed E-state index contributed by atoms with van der Waals surface area (Å²) in [5.41, 5.74) is 2.00. The number of rotatable bonds is 10. The average molecular weight is 405 g/mol. The van der Waals surface area contributed by atoms with Crippen molar-refractivity contribution in [2.75, 3.05) is 12.4 Å². The van der Waals surface area contributed by atoms with Crippen molar-refractivity contribution in [1.29, 1.82) is 0 Å². The molecule has 5 nitrogen and oxygen atoms in total. The van der Waals surface area contributed by atoms with Crippen LogP contribution >= 0.6 is 0 Å². The molecule has 0 unspecified atom stereocenters. The van der Waals surface area contributed by atoms with E-state index in [9.17, 15) is 18.4 Å². The van der Waals surface area contributed by atoms with E-state index in [2.05, 4.69) is 23.9 Å². The number of carbonyl (C=O) groups excluding carboxylic acids is 2. The number of carbonyl (C=O) groups is 2. The molecule has 1 N–H and O–H groups in total. The van der Waals surface area contributed by atoms with E-state index in [0.29, 0.717) is 11.5 Å². The molecule has 0 saturated carbocycles. The van der Waals surface area contributed by atoms with Gasteiger partial charge in [-0.05, 0) is 30.0 Å². The number of halogens is 2. The van der Waals surface area contributed by atoms with Crippen molar-refractivity contribution < 1.29 is 27.8 Å². The zero-order chi connectivity index (χ0) is 21.4. The Balaban J connectivity index is 1.91. The number of nitrogens with one attached hydrogen (secondary N) is 1. The summed E-state index contributed by atoms with van der Waals surface area (Å²) in [6.45, 7) is 1.24. The van der Waals surface area contributed by atoms with Crippen LogP contribution in [0.5, 0.6) is 11.5 Å². The van der Waals surface area contributed by atoms with Crippen LogP contribution in [0.4, 0.5) is 14.5 Å². The maximum atomic E-state index is 12.5. The monoisotopic (exact) mass is 405 g/mol. The van der Waals surface area contributed by atoms with Crippen LogP contribution in [0.15, 0.2) is 42.5 Å². The highest BCUT2D eigenvalue weighted by atomic mass is 19.3. The van der Waals surface area contributed by atoms with Crippen molar-refractivity contribution in [1.82, 2.24) is 0 Å². The number of methoxy groups -OCH3 is 1. The zero-order valence-electron chi connectivity index (χ0n) is 16.7. The molecule has 0 heterocycles. The first-order valence-corrected chi connectivity index (χ1v) is 9.33. The molecule has 0 radical (unpaired) electrons. The maximum absolute atomic E-state index is 12.5. The topological polar surface area (TPSA) is 64.6 Å². The van der Waals surface area contributed by atoms with Crippen molar-refractivity contribution in [2.24, 2.45) is 5.92 Å². The van der Waals surface area contributed by atoms with Crippen molar-refractivity contribution in [3.8, 4) is 11.5 Å². The summed E-state index contributed by atoms with van der Waals surface area (Å²) in [5, 5.41) is 2.57. The lowest BCUT2D eigenvalue weighted by Gasteiger charge is -2.12. The van der Waals surface area contributed by atoms with E-state index in [1.54, 1.807) is 12.1 Å². The Morgan fingerprint density at radius 3 is 2.28 bits per heavy atom. The van der Waals surface area contributed by atoms with Gasteiger partial charge in [-0.1, -0.05) is 38.1 Å². The quantitative estimate of drug-likeness (QED) is 0.559. The van der Waals surface area contributed by atoms with E-state index in [1.807, 2.05) is 12.1 Å².